The molecule has 0 bridgehead atoms. The molecular formula is C21H28N2O4S2. The number of aryl methyl sites for hydroxylation is 1. The van der Waals surface area contributed by atoms with Crippen molar-refractivity contribution in [3.8, 4) is 0 Å². The van der Waals surface area contributed by atoms with Gasteiger partial charge in [-0.05, 0) is 38.7 Å². The summed E-state index contributed by atoms with van der Waals surface area (Å²) in [5.74, 6) is -0.517. The van der Waals surface area contributed by atoms with E-state index in [1.807, 2.05) is 50.2 Å². The fourth-order valence-electron chi connectivity index (χ4n) is 3.75. The zero-order valence-corrected chi connectivity index (χ0v) is 18.6. The summed E-state index contributed by atoms with van der Waals surface area (Å²) in [4.78, 5) is 2.21. The molecule has 3 atom stereocenters. The maximum atomic E-state index is 13.1. The Morgan fingerprint density at radius 1 is 1.03 bits per heavy atom. The molecule has 0 aromatic heterocycles. The summed E-state index contributed by atoms with van der Waals surface area (Å²) in [6.45, 7) is 2.48. The largest absolute Gasteiger partial charge is 0.310 e. The van der Waals surface area contributed by atoms with Gasteiger partial charge in [0.15, 0.2) is 19.7 Å². The molecule has 2 aromatic rings. The third-order valence-corrected chi connectivity index (χ3v) is 9.60. The Morgan fingerprint density at radius 3 is 2.24 bits per heavy atom. The van der Waals surface area contributed by atoms with Crippen LogP contribution in [0.25, 0.3) is 0 Å². The molecule has 0 saturated carbocycles. The lowest BCUT2D eigenvalue weighted by Gasteiger charge is -2.28. The van der Waals surface area contributed by atoms with Crippen LogP contribution in [0.3, 0.4) is 0 Å². The Morgan fingerprint density at radius 2 is 1.66 bits per heavy atom. The quantitative estimate of drug-likeness (QED) is 0.713. The highest BCUT2D eigenvalue weighted by molar-refractivity contribution is 7.96. The van der Waals surface area contributed by atoms with Crippen molar-refractivity contribution in [3.63, 3.8) is 0 Å². The lowest BCUT2D eigenvalue weighted by molar-refractivity contribution is 0.282. The van der Waals surface area contributed by atoms with Gasteiger partial charge in [0.2, 0.25) is 0 Å². The van der Waals surface area contributed by atoms with E-state index in [4.69, 9.17) is 0 Å². The standard InChI is InChI=1S/C21H28N2O4S2/c1-16-9-11-17(12-10-16)20(23(2)3)13-22-19-14-28(24,25)15-21(19)29(26,27)18-7-5-4-6-8-18/h4-12,19-22H,13-15H2,1-3H3/t19-,20?,21-/m0/s1. The Hall–Kier alpha value is -1.74. The fourth-order valence-corrected chi connectivity index (χ4v) is 8.48. The molecule has 1 fully saturated rings. The van der Waals surface area contributed by atoms with Crippen molar-refractivity contribution < 1.29 is 16.8 Å². The van der Waals surface area contributed by atoms with E-state index in [1.54, 1.807) is 18.2 Å². The van der Waals surface area contributed by atoms with Crippen LogP contribution in [0.5, 0.6) is 0 Å². The van der Waals surface area contributed by atoms with Gasteiger partial charge < -0.3 is 10.2 Å². The van der Waals surface area contributed by atoms with Crippen LogP contribution < -0.4 is 5.32 Å². The van der Waals surface area contributed by atoms with E-state index in [1.165, 1.54) is 12.1 Å². The minimum atomic E-state index is -3.75. The van der Waals surface area contributed by atoms with Gasteiger partial charge in [0.05, 0.1) is 21.7 Å². The molecule has 1 unspecified atom stereocenters. The van der Waals surface area contributed by atoms with E-state index in [0.717, 1.165) is 11.1 Å². The maximum absolute atomic E-state index is 13.1. The first-order chi connectivity index (χ1) is 13.6. The number of nitrogens with one attached hydrogen (secondary N) is 1. The minimum absolute atomic E-state index is 0.000941. The van der Waals surface area contributed by atoms with Crippen LogP contribution in [-0.2, 0) is 19.7 Å². The van der Waals surface area contributed by atoms with E-state index < -0.39 is 31.0 Å². The van der Waals surface area contributed by atoms with Crippen molar-refractivity contribution in [1.82, 2.24) is 10.2 Å². The van der Waals surface area contributed by atoms with Crippen molar-refractivity contribution in [2.45, 2.75) is 29.2 Å². The molecule has 2 aromatic carbocycles. The van der Waals surface area contributed by atoms with Crippen molar-refractivity contribution in [2.24, 2.45) is 0 Å². The van der Waals surface area contributed by atoms with Gasteiger partial charge in [-0.3, -0.25) is 0 Å². The summed E-state index contributed by atoms with van der Waals surface area (Å²) in [7, 11) is -3.27. The van der Waals surface area contributed by atoms with Crippen molar-refractivity contribution in [1.29, 1.82) is 0 Å². The van der Waals surface area contributed by atoms with Crippen molar-refractivity contribution >= 4 is 19.7 Å². The maximum Gasteiger partial charge on any atom is 0.183 e. The van der Waals surface area contributed by atoms with Crippen LogP contribution in [0.4, 0.5) is 0 Å². The van der Waals surface area contributed by atoms with Gasteiger partial charge in [0.25, 0.3) is 0 Å². The van der Waals surface area contributed by atoms with Gasteiger partial charge in [0, 0.05) is 18.6 Å². The van der Waals surface area contributed by atoms with E-state index >= 15 is 0 Å². The van der Waals surface area contributed by atoms with E-state index in [-0.39, 0.29) is 22.4 Å². The summed E-state index contributed by atoms with van der Waals surface area (Å²) < 4.78 is 50.8. The number of hydrogen-bond donors (Lipinski definition) is 1. The Labute approximate surface area is 173 Å². The number of rotatable bonds is 7. The number of benzene rings is 2. The third kappa shape index (κ3) is 5.06. The smallest absolute Gasteiger partial charge is 0.183 e. The number of sulfone groups is 2. The van der Waals surface area contributed by atoms with E-state index in [9.17, 15) is 16.8 Å². The molecule has 1 aliphatic heterocycles. The topological polar surface area (TPSA) is 83.5 Å². The summed E-state index contributed by atoms with van der Waals surface area (Å²) in [6.07, 6.45) is 0. The molecule has 1 N–H and O–H groups in total. The molecule has 158 valence electrons. The molecule has 0 aliphatic carbocycles. The summed E-state index contributed by atoms with van der Waals surface area (Å²) in [5, 5.41) is 2.27. The van der Waals surface area contributed by atoms with Gasteiger partial charge >= 0.3 is 0 Å². The highest BCUT2D eigenvalue weighted by atomic mass is 32.2. The highest BCUT2D eigenvalue weighted by Gasteiger charge is 2.45. The van der Waals surface area contributed by atoms with Gasteiger partial charge in [-0.15, -0.1) is 0 Å². The zero-order chi connectivity index (χ0) is 21.2. The highest BCUT2D eigenvalue weighted by Crippen LogP contribution is 2.27. The molecule has 3 rings (SSSR count). The van der Waals surface area contributed by atoms with Crippen LogP contribution in [0.15, 0.2) is 59.5 Å². The van der Waals surface area contributed by atoms with Crippen molar-refractivity contribution in [3.05, 3.63) is 65.7 Å². The number of nitrogens with zero attached hydrogens (tertiary/aromatic N) is 1. The van der Waals surface area contributed by atoms with Gasteiger partial charge in [-0.1, -0.05) is 48.0 Å². The van der Waals surface area contributed by atoms with Crippen LogP contribution in [0.1, 0.15) is 17.2 Å². The van der Waals surface area contributed by atoms with E-state index in [2.05, 4.69) is 5.32 Å². The summed E-state index contributed by atoms with van der Waals surface area (Å²) >= 11 is 0. The fraction of sp³-hybridized carbons (Fsp3) is 0.429. The first-order valence-corrected chi connectivity index (χ1v) is 12.9. The van der Waals surface area contributed by atoms with Crippen LogP contribution in [-0.4, -0.2) is 65.2 Å². The number of hydrogen-bond acceptors (Lipinski definition) is 6. The predicted molar refractivity (Wildman–Crippen MR) is 115 cm³/mol. The Kier molecular flexibility index (Phi) is 6.48. The van der Waals surface area contributed by atoms with Gasteiger partial charge in [0.1, 0.15) is 0 Å². The monoisotopic (exact) mass is 436 g/mol. The zero-order valence-electron chi connectivity index (χ0n) is 16.9. The van der Waals surface area contributed by atoms with Gasteiger partial charge in [-0.25, -0.2) is 16.8 Å². The molecular weight excluding hydrogens is 408 g/mol. The molecule has 1 heterocycles. The lowest BCUT2D eigenvalue weighted by atomic mass is 10.0. The van der Waals surface area contributed by atoms with Crippen molar-refractivity contribution in [2.75, 3.05) is 32.1 Å². The van der Waals surface area contributed by atoms with Crippen LogP contribution >= 0.6 is 0 Å². The molecule has 6 nitrogen and oxygen atoms in total. The molecule has 0 radical (unpaired) electrons. The normalized spacial score (nSPS) is 22.6. The van der Waals surface area contributed by atoms with E-state index in [0.29, 0.717) is 6.54 Å². The summed E-state index contributed by atoms with van der Waals surface area (Å²) in [5.41, 5.74) is 2.26. The second-order valence-electron chi connectivity index (χ2n) is 7.88. The Bertz CT molecular complexity index is 1030. The average Bonchev–Trinajstić information content (AvgIpc) is 2.99. The third-order valence-electron chi connectivity index (χ3n) is 5.43. The molecule has 0 spiro atoms. The minimum Gasteiger partial charge on any atom is -0.310 e. The molecule has 0 amide bonds. The molecule has 1 saturated heterocycles. The average molecular weight is 437 g/mol. The van der Waals surface area contributed by atoms with Crippen LogP contribution in [0.2, 0.25) is 0 Å². The second-order valence-corrected chi connectivity index (χ2v) is 12.2. The van der Waals surface area contributed by atoms with Crippen LogP contribution in [0, 0.1) is 6.92 Å². The lowest BCUT2D eigenvalue weighted by Crippen LogP contribution is -2.46. The first-order valence-electron chi connectivity index (χ1n) is 9.56. The molecule has 8 heteroatoms. The second kappa shape index (κ2) is 8.55. The SMILES string of the molecule is Cc1ccc(C(CN[C@H]2CS(=O)(=O)C[C@@H]2S(=O)(=O)c2ccccc2)N(C)C)cc1. The predicted octanol–water partition coefficient (Wildman–Crippen LogP) is 1.83. The number of likely N-dealkylation sites (N-methyl/N-ethyl adjacent to an activating group) is 1. The summed E-state index contributed by atoms with van der Waals surface area (Å²) in [6, 6.07) is 15.6. The van der Waals surface area contributed by atoms with Gasteiger partial charge in [-0.2, -0.15) is 0 Å². The first kappa shape index (κ1) is 22.0. The molecule has 1 aliphatic rings. The Balaban J connectivity index is 1.83. The molecule has 29 heavy (non-hydrogen) atoms.